The van der Waals surface area contributed by atoms with Gasteiger partial charge >= 0.3 is 5.97 Å². The molecule has 154 valence electrons. The lowest BCUT2D eigenvalue weighted by atomic mass is 10.1. The Bertz CT molecular complexity index is 1070. The van der Waals surface area contributed by atoms with E-state index in [-0.39, 0.29) is 17.3 Å². The van der Waals surface area contributed by atoms with Crippen molar-refractivity contribution < 1.29 is 23.9 Å². The predicted octanol–water partition coefficient (Wildman–Crippen LogP) is 4.63. The molecule has 1 N–H and O–H groups in total. The molecule has 0 spiro atoms. The first-order valence-corrected chi connectivity index (χ1v) is 9.69. The minimum atomic E-state index is -0.630. The second-order valence-corrected chi connectivity index (χ2v) is 6.77. The van der Waals surface area contributed by atoms with Gasteiger partial charge in [-0.05, 0) is 53.6 Å². The largest absolute Gasteiger partial charge is 0.496 e. The van der Waals surface area contributed by atoms with Gasteiger partial charge in [0.25, 0.3) is 0 Å². The van der Waals surface area contributed by atoms with E-state index in [4.69, 9.17) is 9.47 Å². The molecule has 0 unspecified atom stereocenters. The van der Waals surface area contributed by atoms with Gasteiger partial charge in [0.1, 0.15) is 11.3 Å². The highest BCUT2D eigenvalue weighted by atomic mass is 16.5. The van der Waals surface area contributed by atoms with Crippen LogP contribution in [0, 0.1) is 0 Å². The van der Waals surface area contributed by atoms with E-state index in [1.807, 2.05) is 31.2 Å². The van der Waals surface area contributed by atoms with Crippen molar-refractivity contribution in [2.75, 3.05) is 19.0 Å². The summed E-state index contributed by atoms with van der Waals surface area (Å²) >= 11 is 0. The average molecular weight is 405 g/mol. The van der Waals surface area contributed by atoms with Gasteiger partial charge in [-0.15, -0.1) is 0 Å². The summed E-state index contributed by atoms with van der Waals surface area (Å²) in [5.74, 6) is -0.655. The highest BCUT2D eigenvalue weighted by molar-refractivity contribution is 6.02. The van der Waals surface area contributed by atoms with Crippen molar-refractivity contribution in [3.8, 4) is 5.75 Å². The number of fused-ring (bicyclic) bond motifs is 1. The van der Waals surface area contributed by atoms with Gasteiger partial charge in [0.2, 0.25) is 5.91 Å². The van der Waals surface area contributed by atoms with Gasteiger partial charge in [-0.3, -0.25) is 9.59 Å². The Balaban J connectivity index is 1.65. The van der Waals surface area contributed by atoms with Crippen LogP contribution >= 0.6 is 0 Å². The maximum absolute atomic E-state index is 12.5. The normalized spacial score (nSPS) is 10.5. The maximum Gasteiger partial charge on any atom is 0.342 e. The molecule has 0 aromatic heterocycles. The molecule has 0 aliphatic rings. The Kier molecular flexibility index (Phi) is 6.80. The predicted molar refractivity (Wildman–Crippen MR) is 115 cm³/mol. The van der Waals surface area contributed by atoms with Gasteiger partial charge in [0.05, 0.1) is 7.11 Å². The zero-order chi connectivity index (χ0) is 21.5. The average Bonchev–Trinajstić information content (AvgIpc) is 2.76. The van der Waals surface area contributed by atoms with Crippen molar-refractivity contribution in [3.63, 3.8) is 0 Å². The van der Waals surface area contributed by atoms with Crippen molar-refractivity contribution >= 4 is 34.1 Å². The number of amides is 1. The number of ether oxygens (including phenoxy) is 2. The number of carbonyl (C=O) groups excluding carboxylic acids is 3. The molecule has 6 nitrogen and oxygen atoms in total. The first kappa shape index (κ1) is 21.0. The number of methoxy groups -OCH3 is 1. The summed E-state index contributed by atoms with van der Waals surface area (Å²) in [6.07, 6.45) is 1.20. The minimum Gasteiger partial charge on any atom is -0.496 e. The number of hydrogen-bond acceptors (Lipinski definition) is 5. The Morgan fingerprint density at radius 2 is 1.60 bits per heavy atom. The van der Waals surface area contributed by atoms with E-state index < -0.39 is 12.6 Å². The van der Waals surface area contributed by atoms with Crippen LogP contribution in [0.15, 0.2) is 60.7 Å². The maximum atomic E-state index is 12.5. The van der Waals surface area contributed by atoms with Crippen molar-refractivity contribution in [2.24, 2.45) is 0 Å². The molecule has 0 bridgehead atoms. The van der Waals surface area contributed by atoms with E-state index in [1.54, 1.807) is 36.4 Å². The van der Waals surface area contributed by atoms with E-state index in [1.165, 1.54) is 7.11 Å². The summed E-state index contributed by atoms with van der Waals surface area (Å²) in [7, 11) is 1.48. The lowest BCUT2D eigenvalue weighted by Gasteiger charge is -2.10. The van der Waals surface area contributed by atoms with Crippen molar-refractivity contribution in [1.29, 1.82) is 0 Å². The van der Waals surface area contributed by atoms with E-state index in [0.717, 1.165) is 17.2 Å². The second kappa shape index (κ2) is 9.69. The fourth-order valence-electron chi connectivity index (χ4n) is 3.03. The van der Waals surface area contributed by atoms with E-state index in [2.05, 4.69) is 5.32 Å². The van der Waals surface area contributed by atoms with Crippen LogP contribution < -0.4 is 10.1 Å². The zero-order valence-corrected chi connectivity index (χ0v) is 16.9. The molecule has 0 aliphatic carbocycles. The molecule has 1 amide bonds. The number of hydrogen-bond donors (Lipinski definition) is 1. The van der Waals surface area contributed by atoms with Crippen molar-refractivity contribution in [1.82, 2.24) is 0 Å². The summed E-state index contributed by atoms with van der Waals surface area (Å²) in [6.45, 7) is 1.53. The number of ketones is 1. The minimum absolute atomic E-state index is 0.0742. The van der Waals surface area contributed by atoms with Crippen LogP contribution in [-0.4, -0.2) is 31.4 Å². The Morgan fingerprint density at radius 3 is 2.23 bits per heavy atom. The molecule has 6 heteroatoms. The molecule has 0 radical (unpaired) electrons. The quantitative estimate of drug-likeness (QED) is 0.437. The van der Waals surface area contributed by atoms with Crippen molar-refractivity contribution in [2.45, 2.75) is 19.8 Å². The highest BCUT2D eigenvalue weighted by Gasteiger charge is 2.17. The molecular formula is C24H23NO5. The highest BCUT2D eigenvalue weighted by Crippen LogP contribution is 2.26. The van der Waals surface area contributed by atoms with E-state index >= 15 is 0 Å². The summed E-state index contributed by atoms with van der Waals surface area (Å²) in [5.41, 5.74) is 1.27. The third-order valence-corrected chi connectivity index (χ3v) is 4.59. The number of anilines is 1. The Hall–Kier alpha value is -3.67. The second-order valence-electron chi connectivity index (χ2n) is 6.77. The molecule has 0 fully saturated rings. The molecular weight excluding hydrogens is 382 g/mol. The van der Waals surface area contributed by atoms with Gasteiger partial charge < -0.3 is 14.8 Å². The van der Waals surface area contributed by atoms with Crippen LogP contribution in [-0.2, 0) is 9.53 Å². The summed E-state index contributed by atoms with van der Waals surface area (Å²) in [5, 5.41) is 4.57. The summed E-state index contributed by atoms with van der Waals surface area (Å²) in [6, 6.07) is 17.5. The van der Waals surface area contributed by atoms with Crippen LogP contribution in [0.25, 0.3) is 10.8 Å². The third-order valence-electron chi connectivity index (χ3n) is 4.59. The van der Waals surface area contributed by atoms with Crippen LogP contribution in [0.5, 0.6) is 5.75 Å². The molecule has 3 aromatic rings. The number of Topliss-reactive ketones (excluding diaryl/α,β-unsaturated/α-hetero) is 1. The van der Waals surface area contributed by atoms with Crippen LogP contribution in [0.3, 0.4) is 0 Å². The van der Waals surface area contributed by atoms with Crippen LogP contribution in [0.1, 0.15) is 40.5 Å². The summed E-state index contributed by atoms with van der Waals surface area (Å²) < 4.78 is 10.5. The van der Waals surface area contributed by atoms with Gasteiger partial charge in [0, 0.05) is 17.7 Å². The monoisotopic (exact) mass is 405 g/mol. The molecule has 0 saturated heterocycles. The van der Waals surface area contributed by atoms with Crippen LogP contribution in [0.4, 0.5) is 5.69 Å². The van der Waals surface area contributed by atoms with Crippen LogP contribution in [0.2, 0.25) is 0 Å². The van der Waals surface area contributed by atoms with Gasteiger partial charge in [-0.1, -0.05) is 31.2 Å². The molecule has 0 atom stereocenters. The van der Waals surface area contributed by atoms with E-state index in [0.29, 0.717) is 23.4 Å². The van der Waals surface area contributed by atoms with Gasteiger partial charge in [-0.2, -0.15) is 0 Å². The fraction of sp³-hybridized carbons (Fsp3) is 0.208. The number of benzene rings is 3. The van der Waals surface area contributed by atoms with E-state index in [9.17, 15) is 14.4 Å². The molecule has 30 heavy (non-hydrogen) atoms. The third kappa shape index (κ3) is 5.03. The molecule has 0 aliphatic heterocycles. The van der Waals surface area contributed by atoms with Gasteiger partial charge in [0.15, 0.2) is 12.4 Å². The number of nitrogens with one attached hydrogen (secondary N) is 1. The fourth-order valence-corrected chi connectivity index (χ4v) is 3.03. The van der Waals surface area contributed by atoms with Crippen molar-refractivity contribution in [3.05, 3.63) is 71.8 Å². The standard InChI is InChI=1S/C24H23NO5/c1-3-6-23(27)25-19-11-9-16(10-12-19)21(26)15-30-24(28)20-13-17-7-4-5-8-18(17)14-22(20)29-2/h4-5,7-14H,3,6,15H2,1-2H3,(H,25,27). The molecule has 3 aromatic carbocycles. The number of carbonyl (C=O) groups is 3. The first-order chi connectivity index (χ1) is 14.5. The first-order valence-electron chi connectivity index (χ1n) is 9.69. The lowest BCUT2D eigenvalue weighted by molar-refractivity contribution is -0.116. The topological polar surface area (TPSA) is 81.7 Å². The lowest BCUT2D eigenvalue weighted by Crippen LogP contribution is -2.15. The zero-order valence-electron chi connectivity index (χ0n) is 16.9. The SMILES string of the molecule is CCCC(=O)Nc1ccc(C(=O)COC(=O)c2cc3ccccc3cc2OC)cc1. The Morgan fingerprint density at radius 1 is 0.933 bits per heavy atom. The molecule has 0 saturated carbocycles. The Labute approximate surface area is 174 Å². The summed E-state index contributed by atoms with van der Waals surface area (Å²) in [4.78, 5) is 36.6. The smallest absolute Gasteiger partial charge is 0.342 e. The molecule has 0 heterocycles. The number of esters is 1. The van der Waals surface area contributed by atoms with Gasteiger partial charge in [-0.25, -0.2) is 4.79 Å². The number of rotatable bonds is 8. The molecule has 3 rings (SSSR count).